The number of hydrogen-bond acceptors (Lipinski definition) is 3. The molecule has 5 heteroatoms. The van der Waals surface area contributed by atoms with Gasteiger partial charge in [-0.3, -0.25) is 9.00 Å². The lowest BCUT2D eigenvalue weighted by Crippen LogP contribution is -2.30. The SMILES string of the molecule is CN(CCOc1ccccc1)C(=O)c1cccc(CS(C)=O)c1. The lowest BCUT2D eigenvalue weighted by molar-refractivity contribution is 0.0773. The number of ether oxygens (including phenoxy) is 1. The first-order valence-corrected chi connectivity index (χ1v) is 9.11. The molecular formula is C18H21NO3S. The summed E-state index contributed by atoms with van der Waals surface area (Å²) in [6, 6.07) is 16.8. The van der Waals surface area contributed by atoms with Crippen LogP contribution in [0.4, 0.5) is 0 Å². The smallest absolute Gasteiger partial charge is 0.253 e. The third-order valence-electron chi connectivity index (χ3n) is 3.33. The van der Waals surface area contributed by atoms with Crippen LogP contribution in [0.5, 0.6) is 5.75 Å². The molecule has 1 amide bonds. The summed E-state index contributed by atoms with van der Waals surface area (Å²) in [6.45, 7) is 0.933. The highest BCUT2D eigenvalue weighted by atomic mass is 32.2. The quantitative estimate of drug-likeness (QED) is 0.784. The van der Waals surface area contributed by atoms with E-state index in [0.29, 0.717) is 24.5 Å². The molecule has 0 saturated heterocycles. The van der Waals surface area contributed by atoms with Crippen LogP contribution in [0.2, 0.25) is 0 Å². The molecule has 1 atom stereocenters. The molecular weight excluding hydrogens is 310 g/mol. The molecule has 0 saturated carbocycles. The van der Waals surface area contributed by atoms with E-state index in [-0.39, 0.29) is 5.91 Å². The van der Waals surface area contributed by atoms with Gasteiger partial charge in [-0.2, -0.15) is 0 Å². The van der Waals surface area contributed by atoms with Crippen molar-refractivity contribution in [3.05, 3.63) is 65.7 Å². The number of hydrogen-bond donors (Lipinski definition) is 0. The molecule has 2 rings (SSSR count). The molecule has 0 radical (unpaired) electrons. The Bertz CT molecular complexity index is 673. The minimum absolute atomic E-state index is 0.0644. The number of benzene rings is 2. The normalized spacial score (nSPS) is 11.7. The van der Waals surface area contributed by atoms with E-state index >= 15 is 0 Å². The Labute approximate surface area is 139 Å². The van der Waals surface area contributed by atoms with E-state index in [1.165, 1.54) is 0 Å². The molecule has 0 spiro atoms. The van der Waals surface area contributed by atoms with E-state index in [4.69, 9.17) is 4.74 Å². The predicted molar refractivity (Wildman–Crippen MR) is 93.1 cm³/mol. The van der Waals surface area contributed by atoms with E-state index in [1.807, 2.05) is 42.5 Å². The van der Waals surface area contributed by atoms with Crippen LogP contribution >= 0.6 is 0 Å². The van der Waals surface area contributed by atoms with Crippen molar-refractivity contribution in [2.24, 2.45) is 0 Å². The van der Waals surface area contributed by atoms with Crippen LogP contribution in [0.15, 0.2) is 54.6 Å². The Kier molecular flexibility index (Phi) is 6.35. The number of amides is 1. The predicted octanol–water partition coefficient (Wildman–Crippen LogP) is 2.72. The molecule has 23 heavy (non-hydrogen) atoms. The van der Waals surface area contributed by atoms with Gasteiger partial charge in [0.05, 0.1) is 6.54 Å². The second-order valence-electron chi connectivity index (χ2n) is 5.31. The third kappa shape index (κ3) is 5.53. The number of rotatable bonds is 7. The van der Waals surface area contributed by atoms with Crippen molar-refractivity contribution in [1.82, 2.24) is 4.90 Å². The molecule has 0 bridgehead atoms. The topological polar surface area (TPSA) is 46.6 Å². The Morgan fingerprint density at radius 2 is 1.87 bits per heavy atom. The third-order valence-corrected chi connectivity index (χ3v) is 4.07. The minimum atomic E-state index is -0.920. The zero-order chi connectivity index (χ0) is 16.7. The summed E-state index contributed by atoms with van der Waals surface area (Å²) in [5, 5.41) is 0. The van der Waals surface area contributed by atoms with Gasteiger partial charge in [-0.15, -0.1) is 0 Å². The van der Waals surface area contributed by atoms with Gasteiger partial charge < -0.3 is 9.64 Å². The monoisotopic (exact) mass is 331 g/mol. The maximum atomic E-state index is 12.4. The van der Waals surface area contributed by atoms with Gasteiger partial charge in [0.25, 0.3) is 5.91 Å². The molecule has 0 N–H and O–H groups in total. The van der Waals surface area contributed by atoms with Crippen LogP contribution in [0.3, 0.4) is 0 Å². The lowest BCUT2D eigenvalue weighted by atomic mass is 10.1. The number of carbonyl (C=O) groups excluding carboxylic acids is 1. The first kappa shape index (κ1) is 17.2. The van der Waals surface area contributed by atoms with Gasteiger partial charge in [0.15, 0.2) is 0 Å². The summed E-state index contributed by atoms with van der Waals surface area (Å²) in [5.41, 5.74) is 1.51. The molecule has 1 unspecified atom stereocenters. The number of carbonyl (C=O) groups is 1. The van der Waals surface area contributed by atoms with Crippen LogP contribution in [0.1, 0.15) is 15.9 Å². The fourth-order valence-electron chi connectivity index (χ4n) is 2.17. The van der Waals surface area contributed by atoms with Crippen molar-refractivity contribution in [2.45, 2.75) is 5.75 Å². The fourth-order valence-corrected chi connectivity index (χ4v) is 2.82. The van der Waals surface area contributed by atoms with Crippen molar-refractivity contribution >= 4 is 16.7 Å². The zero-order valence-electron chi connectivity index (χ0n) is 13.4. The van der Waals surface area contributed by atoms with Crippen LogP contribution in [0, 0.1) is 0 Å². The summed E-state index contributed by atoms with van der Waals surface area (Å²) in [6.07, 6.45) is 1.65. The maximum Gasteiger partial charge on any atom is 0.253 e. The average molecular weight is 331 g/mol. The summed E-state index contributed by atoms with van der Waals surface area (Å²) in [4.78, 5) is 14.0. The highest BCUT2D eigenvalue weighted by molar-refractivity contribution is 7.83. The lowest BCUT2D eigenvalue weighted by Gasteiger charge is -2.18. The summed E-state index contributed by atoms with van der Waals surface area (Å²) < 4.78 is 16.9. The molecule has 0 aliphatic heterocycles. The van der Waals surface area contributed by atoms with Crippen molar-refractivity contribution < 1.29 is 13.7 Å². The molecule has 122 valence electrons. The first-order chi connectivity index (χ1) is 11.1. The van der Waals surface area contributed by atoms with Crippen molar-refractivity contribution in [3.8, 4) is 5.75 Å². The highest BCUT2D eigenvalue weighted by Crippen LogP contribution is 2.11. The van der Waals surface area contributed by atoms with Crippen LogP contribution in [-0.4, -0.2) is 41.5 Å². The van der Waals surface area contributed by atoms with Gasteiger partial charge in [0.1, 0.15) is 12.4 Å². The molecule has 4 nitrogen and oxygen atoms in total. The largest absolute Gasteiger partial charge is 0.492 e. The van der Waals surface area contributed by atoms with Crippen LogP contribution in [0.25, 0.3) is 0 Å². The van der Waals surface area contributed by atoms with Gasteiger partial charge in [0.2, 0.25) is 0 Å². The van der Waals surface area contributed by atoms with Crippen molar-refractivity contribution in [2.75, 3.05) is 26.5 Å². The van der Waals surface area contributed by atoms with E-state index in [2.05, 4.69) is 0 Å². The van der Waals surface area contributed by atoms with E-state index in [1.54, 1.807) is 30.3 Å². The zero-order valence-corrected chi connectivity index (χ0v) is 14.2. The second kappa shape index (κ2) is 8.48. The average Bonchev–Trinajstić information content (AvgIpc) is 2.54. The van der Waals surface area contributed by atoms with Gasteiger partial charge in [-0.25, -0.2) is 0 Å². The molecule has 0 fully saturated rings. The van der Waals surface area contributed by atoms with E-state index in [0.717, 1.165) is 11.3 Å². The second-order valence-corrected chi connectivity index (χ2v) is 6.74. The Balaban J connectivity index is 1.90. The molecule has 0 heterocycles. The van der Waals surface area contributed by atoms with E-state index < -0.39 is 10.8 Å². The fraction of sp³-hybridized carbons (Fsp3) is 0.278. The van der Waals surface area contributed by atoms with Gasteiger partial charge in [-0.1, -0.05) is 30.3 Å². The Hall–Kier alpha value is -2.14. The highest BCUT2D eigenvalue weighted by Gasteiger charge is 2.12. The summed E-state index contributed by atoms with van der Waals surface area (Å²) in [7, 11) is 0.832. The number of likely N-dealkylation sites (N-methyl/N-ethyl adjacent to an activating group) is 1. The number of nitrogens with zero attached hydrogens (tertiary/aromatic N) is 1. The van der Waals surface area contributed by atoms with Gasteiger partial charge in [0, 0.05) is 35.4 Å². The summed E-state index contributed by atoms with van der Waals surface area (Å²) >= 11 is 0. The minimum Gasteiger partial charge on any atom is -0.492 e. The molecule has 0 aliphatic rings. The first-order valence-electron chi connectivity index (χ1n) is 7.38. The van der Waals surface area contributed by atoms with E-state index in [9.17, 15) is 9.00 Å². The van der Waals surface area contributed by atoms with Gasteiger partial charge in [-0.05, 0) is 29.8 Å². The van der Waals surface area contributed by atoms with Crippen molar-refractivity contribution in [3.63, 3.8) is 0 Å². The maximum absolute atomic E-state index is 12.4. The van der Waals surface area contributed by atoms with Crippen LogP contribution < -0.4 is 4.74 Å². The molecule has 0 aromatic heterocycles. The number of para-hydroxylation sites is 1. The Morgan fingerprint density at radius 1 is 1.13 bits per heavy atom. The van der Waals surface area contributed by atoms with Crippen LogP contribution in [-0.2, 0) is 16.6 Å². The summed E-state index contributed by atoms with van der Waals surface area (Å²) in [5.74, 6) is 1.19. The Morgan fingerprint density at radius 3 is 2.57 bits per heavy atom. The standard InChI is InChI=1S/C18H21NO3S/c1-19(11-12-22-17-9-4-3-5-10-17)18(20)16-8-6-7-15(13-16)14-23(2)21/h3-10,13H,11-12,14H2,1-2H3. The van der Waals surface area contributed by atoms with Crippen molar-refractivity contribution in [1.29, 1.82) is 0 Å². The molecule has 0 aliphatic carbocycles. The van der Waals surface area contributed by atoms with Gasteiger partial charge >= 0.3 is 0 Å². The molecule has 2 aromatic carbocycles. The molecule has 2 aromatic rings.